The highest BCUT2D eigenvalue weighted by Gasteiger charge is 2.37. The summed E-state index contributed by atoms with van der Waals surface area (Å²) < 4.78 is 0. The molecule has 1 saturated heterocycles. The van der Waals surface area contributed by atoms with Crippen LogP contribution in [0.15, 0.2) is 0 Å². The van der Waals surface area contributed by atoms with Crippen molar-refractivity contribution in [2.75, 3.05) is 13.1 Å². The fraction of sp³-hybridized carbons (Fsp3) is 0.786. The SMILES string of the molecule is C[C@H](N)C(=O)N[C@@H](CCCCN)C(=O)N1CCC[C@@H]1C(=O)O. The number of carboxylic acids is 1. The van der Waals surface area contributed by atoms with Gasteiger partial charge in [-0.2, -0.15) is 0 Å². The number of aliphatic carboxylic acids is 1. The molecule has 0 spiro atoms. The van der Waals surface area contributed by atoms with E-state index >= 15 is 0 Å². The van der Waals surface area contributed by atoms with Gasteiger partial charge in [-0.05, 0) is 45.6 Å². The lowest BCUT2D eigenvalue weighted by Crippen LogP contribution is -2.54. The summed E-state index contributed by atoms with van der Waals surface area (Å²) in [6, 6.07) is -2.28. The van der Waals surface area contributed by atoms with E-state index in [1.54, 1.807) is 0 Å². The molecule has 1 aliphatic heterocycles. The van der Waals surface area contributed by atoms with Crippen molar-refractivity contribution in [1.82, 2.24) is 10.2 Å². The van der Waals surface area contributed by atoms with E-state index in [1.165, 1.54) is 11.8 Å². The molecule has 6 N–H and O–H groups in total. The molecule has 1 aliphatic rings. The first-order chi connectivity index (χ1) is 10.4. The van der Waals surface area contributed by atoms with Gasteiger partial charge in [0.1, 0.15) is 12.1 Å². The van der Waals surface area contributed by atoms with Gasteiger partial charge < -0.3 is 26.8 Å². The lowest BCUT2D eigenvalue weighted by atomic mass is 10.1. The van der Waals surface area contributed by atoms with Crippen LogP contribution in [-0.4, -0.2) is 59.0 Å². The van der Waals surface area contributed by atoms with Crippen molar-refractivity contribution in [2.24, 2.45) is 11.5 Å². The minimum Gasteiger partial charge on any atom is -0.480 e. The highest BCUT2D eigenvalue weighted by molar-refractivity contribution is 5.91. The molecule has 22 heavy (non-hydrogen) atoms. The van der Waals surface area contributed by atoms with Crippen molar-refractivity contribution in [3.05, 3.63) is 0 Å². The quantitative estimate of drug-likeness (QED) is 0.425. The van der Waals surface area contributed by atoms with Crippen LogP contribution in [0, 0.1) is 0 Å². The number of nitrogens with two attached hydrogens (primary N) is 2. The molecule has 0 bridgehead atoms. The fourth-order valence-corrected chi connectivity index (χ4v) is 2.54. The zero-order valence-electron chi connectivity index (χ0n) is 13.0. The molecule has 2 amide bonds. The van der Waals surface area contributed by atoms with Gasteiger partial charge in [0.2, 0.25) is 11.8 Å². The third kappa shape index (κ3) is 4.96. The fourth-order valence-electron chi connectivity index (χ4n) is 2.54. The Hall–Kier alpha value is -1.67. The lowest BCUT2D eigenvalue weighted by Gasteiger charge is -2.27. The second kappa shape index (κ2) is 8.70. The molecule has 8 heteroatoms. The molecule has 0 aromatic heterocycles. The highest BCUT2D eigenvalue weighted by Crippen LogP contribution is 2.19. The Kier molecular flexibility index (Phi) is 7.26. The summed E-state index contributed by atoms with van der Waals surface area (Å²) in [5.41, 5.74) is 11.0. The van der Waals surface area contributed by atoms with Gasteiger partial charge in [-0.3, -0.25) is 9.59 Å². The van der Waals surface area contributed by atoms with Gasteiger partial charge in [-0.15, -0.1) is 0 Å². The maximum Gasteiger partial charge on any atom is 0.326 e. The molecule has 8 nitrogen and oxygen atoms in total. The van der Waals surface area contributed by atoms with Crippen molar-refractivity contribution in [2.45, 2.75) is 57.2 Å². The Bertz CT molecular complexity index is 414. The molecule has 0 aliphatic carbocycles. The Morgan fingerprint density at radius 3 is 2.59 bits per heavy atom. The molecule has 0 radical (unpaired) electrons. The van der Waals surface area contributed by atoms with Crippen LogP contribution in [0.3, 0.4) is 0 Å². The van der Waals surface area contributed by atoms with Gasteiger partial charge in [0, 0.05) is 6.54 Å². The molecular weight excluding hydrogens is 288 g/mol. The van der Waals surface area contributed by atoms with Crippen LogP contribution in [0.5, 0.6) is 0 Å². The summed E-state index contributed by atoms with van der Waals surface area (Å²) in [5, 5.41) is 11.8. The molecule has 0 aromatic rings. The maximum absolute atomic E-state index is 12.6. The molecule has 126 valence electrons. The van der Waals surface area contributed by atoms with Crippen molar-refractivity contribution in [1.29, 1.82) is 0 Å². The summed E-state index contributed by atoms with van der Waals surface area (Å²) in [6.07, 6.45) is 2.94. The van der Waals surface area contributed by atoms with Gasteiger partial charge >= 0.3 is 5.97 Å². The molecule has 0 saturated carbocycles. The summed E-state index contributed by atoms with van der Waals surface area (Å²) in [7, 11) is 0. The maximum atomic E-state index is 12.6. The van der Waals surface area contributed by atoms with Gasteiger partial charge in [0.05, 0.1) is 6.04 Å². The van der Waals surface area contributed by atoms with E-state index in [4.69, 9.17) is 11.5 Å². The summed E-state index contributed by atoms with van der Waals surface area (Å²) in [5.74, 6) is -1.78. The van der Waals surface area contributed by atoms with Gasteiger partial charge in [-0.1, -0.05) is 0 Å². The van der Waals surface area contributed by atoms with E-state index in [0.29, 0.717) is 38.8 Å². The van der Waals surface area contributed by atoms with Gasteiger partial charge in [0.15, 0.2) is 0 Å². The number of carboxylic acid groups (broad SMARTS) is 1. The predicted octanol–water partition coefficient (Wildman–Crippen LogP) is -0.977. The first-order valence-corrected chi connectivity index (χ1v) is 7.67. The van der Waals surface area contributed by atoms with Gasteiger partial charge in [-0.25, -0.2) is 4.79 Å². The summed E-state index contributed by atoms with van der Waals surface area (Å²) >= 11 is 0. The smallest absolute Gasteiger partial charge is 0.326 e. The van der Waals surface area contributed by atoms with Crippen molar-refractivity contribution < 1.29 is 19.5 Å². The lowest BCUT2D eigenvalue weighted by molar-refractivity contribution is -0.149. The summed E-state index contributed by atoms with van der Waals surface area (Å²) in [6.45, 7) is 2.44. The van der Waals surface area contributed by atoms with E-state index in [2.05, 4.69) is 5.32 Å². The minimum absolute atomic E-state index is 0.351. The topological polar surface area (TPSA) is 139 Å². The number of nitrogens with one attached hydrogen (secondary N) is 1. The number of unbranched alkanes of at least 4 members (excludes halogenated alkanes) is 1. The number of amides is 2. The molecule has 1 rings (SSSR count). The van der Waals surface area contributed by atoms with Crippen LogP contribution in [-0.2, 0) is 14.4 Å². The van der Waals surface area contributed by atoms with E-state index in [1.807, 2.05) is 0 Å². The zero-order valence-corrected chi connectivity index (χ0v) is 13.0. The number of carbonyl (C=O) groups excluding carboxylic acids is 2. The van der Waals surface area contributed by atoms with Crippen LogP contribution in [0.1, 0.15) is 39.0 Å². The second-order valence-corrected chi connectivity index (χ2v) is 5.66. The van der Waals surface area contributed by atoms with E-state index in [-0.39, 0.29) is 5.91 Å². The number of likely N-dealkylation sites (tertiary alicyclic amines) is 1. The van der Waals surface area contributed by atoms with Gasteiger partial charge in [0.25, 0.3) is 0 Å². The van der Waals surface area contributed by atoms with Crippen LogP contribution < -0.4 is 16.8 Å². The number of rotatable bonds is 8. The second-order valence-electron chi connectivity index (χ2n) is 5.66. The van der Waals surface area contributed by atoms with E-state index < -0.39 is 30.0 Å². The molecule has 0 aromatic carbocycles. The van der Waals surface area contributed by atoms with Crippen LogP contribution in [0.4, 0.5) is 0 Å². The Morgan fingerprint density at radius 1 is 1.36 bits per heavy atom. The average molecular weight is 314 g/mol. The third-order valence-corrected chi connectivity index (χ3v) is 3.80. The number of nitrogens with zero attached hydrogens (tertiary/aromatic N) is 1. The average Bonchev–Trinajstić information content (AvgIpc) is 2.94. The Morgan fingerprint density at radius 2 is 2.05 bits per heavy atom. The first-order valence-electron chi connectivity index (χ1n) is 7.67. The number of carbonyl (C=O) groups is 3. The van der Waals surface area contributed by atoms with Crippen molar-refractivity contribution in [3.8, 4) is 0 Å². The first kappa shape index (κ1) is 18.4. The number of hydrogen-bond donors (Lipinski definition) is 4. The molecular formula is C14H26N4O4. The van der Waals surface area contributed by atoms with E-state index in [0.717, 1.165) is 6.42 Å². The predicted molar refractivity (Wildman–Crippen MR) is 80.9 cm³/mol. The largest absolute Gasteiger partial charge is 0.480 e. The zero-order chi connectivity index (χ0) is 16.7. The van der Waals surface area contributed by atoms with Crippen LogP contribution in [0.25, 0.3) is 0 Å². The minimum atomic E-state index is -1.01. The number of hydrogen-bond acceptors (Lipinski definition) is 5. The highest BCUT2D eigenvalue weighted by atomic mass is 16.4. The Labute approximate surface area is 130 Å². The molecule has 1 heterocycles. The normalized spacial score (nSPS) is 20.5. The molecule has 0 unspecified atom stereocenters. The van der Waals surface area contributed by atoms with Crippen LogP contribution in [0.2, 0.25) is 0 Å². The monoisotopic (exact) mass is 314 g/mol. The van der Waals surface area contributed by atoms with Crippen LogP contribution >= 0.6 is 0 Å². The standard InChI is InChI=1S/C14H26N4O4/c1-9(16)12(19)17-10(5-2-3-7-15)13(20)18-8-4-6-11(18)14(21)22/h9-11H,2-8,15-16H2,1H3,(H,17,19)(H,21,22)/t9-,10-,11+/m0/s1. The summed E-state index contributed by atoms with van der Waals surface area (Å²) in [4.78, 5) is 36.9. The van der Waals surface area contributed by atoms with Crippen molar-refractivity contribution >= 4 is 17.8 Å². The Balaban J connectivity index is 2.77. The van der Waals surface area contributed by atoms with E-state index in [9.17, 15) is 19.5 Å². The molecule has 3 atom stereocenters. The molecule has 1 fully saturated rings. The van der Waals surface area contributed by atoms with Crippen molar-refractivity contribution in [3.63, 3.8) is 0 Å². The third-order valence-electron chi connectivity index (χ3n) is 3.80.